The van der Waals surface area contributed by atoms with Gasteiger partial charge in [0.1, 0.15) is 0 Å². The summed E-state index contributed by atoms with van der Waals surface area (Å²) in [5, 5.41) is 2.87. The number of hydrogen-bond donors (Lipinski definition) is 3. The maximum absolute atomic E-state index is 13.2. The van der Waals surface area contributed by atoms with E-state index in [-0.39, 0.29) is 11.8 Å². The number of halogens is 1. The fraction of sp³-hybridized carbons (Fsp3) is 0.556. The Labute approximate surface area is 93.4 Å². The quantitative estimate of drug-likeness (QED) is 0.363. The number of unbranched alkanes of at least 4 members (excludes halogenated alkanes) is 1. The predicted octanol–water partition coefficient (Wildman–Crippen LogP) is 0.740. The molecule has 0 saturated heterocycles. The van der Waals surface area contributed by atoms with Crippen molar-refractivity contribution in [2.24, 2.45) is 5.84 Å². The zero-order valence-electron chi connectivity index (χ0n) is 9.16. The molecule has 90 valence electrons. The van der Waals surface area contributed by atoms with Gasteiger partial charge in [-0.15, -0.1) is 0 Å². The molecule has 0 aliphatic heterocycles. The molecule has 7 heteroatoms. The molecule has 1 aromatic rings. The molecule has 16 heavy (non-hydrogen) atoms. The van der Waals surface area contributed by atoms with Gasteiger partial charge in [-0.2, -0.15) is 4.98 Å². The first kappa shape index (κ1) is 12.6. The van der Waals surface area contributed by atoms with Crippen LogP contribution in [0, 0.1) is 5.82 Å². The standard InChI is InChI=1S/C9H16FN5O/c1-16-5-3-2-4-12-8-7(10)6-13-9(14-8)15-11/h6H,2-5,11H2,1H3,(H2,12,13,14,15). The highest BCUT2D eigenvalue weighted by Crippen LogP contribution is 2.11. The van der Waals surface area contributed by atoms with Crippen molar-refractivity contribution in [1.82, 2.24) is 9.97 Å². The number of nitrogens with one attached hydrogen (secondary N) is 2. The molecule has 0 radical (unpaired) electrons. The number of ether oxygens (including phenoxy) is 1. The second-order valence-electron chi connectivity index (χ2n) is 3.16. The lowest BCUT2D eigenvalue weighted by Gasteiger charge is -2.07. The fourth-order valence-electron chi connectivity index (χ4n) is 1.14. The van der Waals surface area contributed by atoms with Crippen molar-refractivity contribution in [3.8, 4) is 0 Å². The van der Waals surface area contributed by atoms with Crippen molar-refractivity contribution in [3.63, 3.8) is 0 Å². The van der Waals surface area contributed by atoms with E-state index in [9.17, 15) is 4.39 Å². The van der Waals surface area contributed by atoms with Crippen LogP contribution in [-0.2, 0) is 4.74 Å². The summed E-state index contributed by atoms with van der Waals surface area (Å²) >= 11 is 0. The van der Waals surface area contributed by atoms with Crippen LogP contribution in [0.25, 0.3) is 0 Å². The number of aromatic nitrogens is 2. The van der Waals surface area contributed by atoms with Crippen LogP contribution in [0.4, 0.5) is 16.2 Å². The number of nitrogen functional groups attached to an aromatic ring is 1. The summed E-state index contributed by atoms with van der Waals surface area (Å²) in [5.74, 6) is 4.96. The number of methoxy groups -OCH3 is 1. The number of nitrogens with zero attached hydrogens (tertiary/aromatic N) is 2. The molecular weight excluding hydrogens is 213 g/mol. The molecule has 4 N–H and O–H groups in total. The monoisotopic (exact) mass is 229 g/mol. The molecule has 1 aromatic heterocycles. The van der Waals surface area contributed by atoms with E-state index in [2.05, 4.69) is 20.7 Å². The zero-order valence-corrected chi connectivity index (χ0v) is 9.16. The van der Waals surface area contributed by atoms with Crippen LogP contribution in [0.2, 0.25) is 0 Å². The number of anilines is 2. The molecule has 1 heterocycles. The minimum atomic E-state index is -0.495. The maximum Gasteiger partial charge on any atom is 0.239 e. The third kappa shape index (κ3) is 3.95. The normalized spacial score (nSPS) is 10.2. The molecule has 0 saturated carbocycles. The molecule has 0 atom stereocenters. The van der Waals surface area contributed by atoms with Crippen LogP contribution in [0.15, 0.2) is 6.20 Å². The Bertz CT molecular complexity index is 323. The molecule has 0 spiro atoms. The van der Waals surface area contributed by atoms with Gasteiger partial charge in [0, 0.05) is 20.3 Å². The van der Waals surface area contributed by atoms with Crippen LogP contribution in [0.1, 0.15) is 12.8 Å². The Hall–Kier alpha value is -1.47. The van der Waals surface area contributed by atoms with Crippen molar-refractivity contribution >= 4 is 11.8 Å². The molecular formula is C9H16FN5O. The van der Waals surface area contributed by atoms with E-state index in [0.29, 0.717) is 13.2 Å². The largest absolute Gasteiger partial charge is 0.385 e. The molecule has 0 unspecified atom stereocenters. The number of nitrogens with two attached hydrogens (primary N) is 1. The summed E-state index contributed by atoms with van der Waals surface area (Å²) in [4.78, 5) is 7.48. The third-order valence-electron chi connectivity index (χ3n) is 1.94. The Morgan fingerprint density at radius 2 is 2.31 bits per heavy atom. The summed E-state index contributed by atoms with van der Waals surface area (Å²) in [6, 6.07) is 0. The molecule has 0 aliphatic carbocycles. The van der Waals surface area contributed by atoms with Crippen molar-refractivity contribution < 1.29 is 9.13 Å². The molecule has 0 fully saturated rings. The lowest BCUT2D eigenvalue weighted by Crippen LogP contribution is -2.13. The first-order valence-electron chi connectivity index (χ1n) is 5.00. The van der Waals surface area contributed by atoms with Gasteiger partial charge in [0.2, 0.25) is 5.95 Å². The van der Waals surface area contributed by atoms with E-state index in [1.807, 2.05) is 0 Å². The van der Waals surface area contributed by atoms with E-state index >= 15 is 0 Å². The summed E-state index contributed by atoms with van der Waals surface area (Å²) < 4.78 is 18.1. The smallest absolute Gasteiger partial charge is 0.239 e. The Morgan fingerprint density at radius 1 is 1.50 bits per heavy atom. The van der Waals surface area contributed by atoms with Gasteiger partial charge in [-0.3, -0.25) is 5.43 Å². The van der Waals surface area contributed by atoms with Crippen molar-refractivity contribution in [1.29, 1.82) is 0 Å². The van der Waals surface area contributed by atoms with Gasteiger partial charge in [-0.25, -0.2) is 15.2 Å². The van der Waals surface area contributed by atoms with Gasteiger partial charge in [0.25, 0.3) is 0 Å². The summed E-state index contributed by atoms with van der Waals surface area (Å²) in [6.07, 6.45) is 2.86. The van der Waals surface area contributed by atoms with E-state index in [4.69, 9.17) is 10.6 Å². The van der Waals surface area contributed by atoms with Crippen LogP contribution >= 0.6 is 0 Å². The van der Waals surface area contributed by atoms with Crippen LogP contribution in [-0.4, -0.2) is 30.2 Å². The second-order valence-corrected chi connectivity index (χ2v) is 3.16. The minimum Gasteiger partial charge on any atom is -0.385 e. The third-order valence-corrected chi connectivity index (χ3v) is 1.94. The predicted molar refractivity (Wildman–Crippen MR) is 59.4 cm³/mol. The van der Waals surface area contributed by atoms with Gasteiger partial charge < -0.3 is 10.1 Å². The van der Waals surface area contributed by atoms with Gasteiger partial charge >= 0.3 is 0 Å². The number of rotatable bonds is 7. The SMILES string of the molecule is COCCCCNc1nc(NN)ncc1F. The van der Waals surface area contributed by atoms with Crippen molar-refractivity contribution in [2.45, 2.75) is 12.8 Å². The fourth-order valence-corrected chi connectivity index (χ4v) is 1.14. The van der Waals surface area contributed by atoms with Gasteiger partial charge in [0.05, 0.1) is 6.20 Å². The average Bonchev–Trinajstić information content (AvgIpc) is 2.31. The molecule has 1 rings (SSSR count). The molecule has 6 nitrogen and oxygen atoms in total. The van der Waals surface area contributed by atoms with E-state index in [1.165, 1.54) is 0 Å². The van der Waals surface area contributed by atoms with E-state index in [1.54, 1.807) is 7.11 Å². The minimum absolute atomic E-state index is 0.153. The summed E-state index contributed by atoms with van der Waals surface area (Å²) in [5.41, 5.74) is 2.26. The van der Waals surface area contributed by atoms with Crippen molar-refractivity contribution in [2.75, 3.05) is 31.0 Å². The lowest BCUT2D eigenvalue weighted by molar-refractivity contribution is 0.193. The van der Waals surface area contributed by atoms with E-state index < -0.39 is 5.82 Å². The highest BCUT2D eigenvalue weighted by atomic mass is 19.1. The van der Waals surface area contributed by atoms with Gasteiger partial charge in [-0.05, 0) is 12.8 Å². The van der Waals surface area contributed by atoms with Gasteiger partial charge in [0.15, 0.2) is 11.6 Å². The first-order valence-corrected chi connectivity index (χ1v) is 5.00. The molecule has 0 amide bonds. The average molecular weight is 229 g/mol. The van der Waals surface area contributed by atoms with Crippen LogP contribution in [0.3, 0.4) is 0 Å². The highest BCUT2D eigenvalue weighted by molar-refractivity contribution is 5.40. The molecule has 0 bridgehead atoms. The Morgan fingerprint density at radius 3 is 3.00 bits per heavy atom. The Balaban J connectivity index is 2.40. The number of hydrogen-bond acceptors (Lipinski definition) is 6. The van der Waals surface area contributed by atoms with Crippen LogP contribution in [0.5, 0.6) is 0 Å². The zero-order chi connectivity index (χ0) is 11.8. The van der Waals surface area contributed by atoms with Crippen LogP contribution < -0.4 is 16.6 Å². The Kier molecular flexibility index (Phi) is 5.44. The topological polar surface area (TPSA) is 85.1 Å². The number of hydrazine groups is 1. The molecule has 0 aromatic carbocycles. The summed E-state index contributed by atoms with van der Waals surface area (Å²) in [7, 11) is 1.65. The lowest BCUT2D eigenvalue weighted by atomic mass is 10.3. The first-order chi connectivity index (χ1) is 7.77. The van der Waals surface area contributed by atoms with Gasteiger partial charge in [-0.1, -0.05) is 0 Å². The molecule has 0 aliphatic rings. The summed E-state index contributed by atoms with van der Waals surface area (Å²) in [6.45, 7) is 1.32. The maximum atomic E-state index is 13.2. The second kappa shape index (κ2) is 6.91. The van der Waals surface area contributed by atoms with E-state index in [0.717, 1.165) is 19.0 Å². The highest BCUT2D eigenvalue weighted by Gasteiger charge is 2.04. The van der Waals surface area contributed by atoms with Crippen molar-refractivity contribution in [3.05, 3.63) is 12.0 Å².